The number of amides is 1. The Labute approximate surface area is 150 Å². The first kappa shape index (κ1) is 20.2. The van der Waals surface area contributed by atoms with Crippen molar-refractivity contribution in [3.8, 4) is 0 Å². The summed E-state index contributed by atoms with van der Waals surface area (Å²) in [6, 6.07) is 8.25. The highest BCUT2D eigenvalue weighted by Gasteiger charge is 2.23. The maximum Gasteiger partial charge on any atom is 0.236 e. The molecule has 6 heteroatoms. The van der Waals surface area contributed by atoms with Crippen LogP contribution in [0.1, 0.15) is 31.4 Å². The quantitative estimate of drug-likeness (QED) is 0.877. The van der Waals surface area contributed by atoms with Gasteiger partial charge in [-0.25, -0.2) is 0 Å². The number of halogens is 2. The molecule has 0 saturated carbocycles. The molecular formula is C17H27Cl2N3O. The van der Waals surface area contributed by atoms with E-state index in [1.807, 2.05) is 50.2 Å². The van der Waals surface area contributed by atoms with Crippen LogP contribution in [0.3, 0.4) is 0 Å². The first-order valence-electron chi connectivity index (χ1n) is 7.92. The largest absolute Gasteiger partial charge is 0.338 e. The number of likely N-dealkylation sites (N-methyl/N-ethyl adjacent to an activating group) is 2. The van der Waals surface area contributed by atoms with Crippen molar-refractivity contribution in [3.05, 3.63) is 34.9 Å². The molecule has 2 atom stereocenters. The van der Waals surface area contributed by atoms with Gasteiger partial charge in [0.2, 0.25) is 5.91 Å². The first-order valence-corrected chi connectivity index (χ1v) is 8.29. The van der Waals surface area contributed by atoms with E-state index in [1.165, 1.54) is 6.42 Å². The van der Waals surface area contributed by atoms with E-state index in [0.29, 0.717) is 12.6 Å². The molecule has 1 heterocycles. The van der Waals surface area contributed by atoms with Crippen LogP contribution < -0.4 is 5.32 Å². The zero-order chi connectivity index (χ0) is 16.1. The Morgan fingerprint density at radius 3 is 2.70 bits per heavy atom. The number of carbonyl (C=O) groups excluding carboxylic acids is 1. The molecule has 1 aromatic carbocycles. The van der Waals surface area contributed by atoms with Gasteiger partial charge in [0.05, 0.1) is 12.6 Å². The summed E-state index contributed by atoms with van der Waals surface area (Å²) in [6.45, 7) is 4.50. The molecule has 1 fully saturated rings. The fourth-order valence-corrected chi connectivity index (χ4v) is 3.04. The summed E-state index contributed by atoms with van der Waals surface area (Å²) in [5.74, 6) is 0.166. The highest BCUT2D eigenvalue weighted by molar-refractivity contribution is 6.30. The Bertz CT molecular complexity index is 495. The lowest BCUT2D eigenvalue weighted by atomic mass is 10.1. The molecule has 1 aliphatic heterocycles. The van der Waals surface area contributed by atoms with Crippen molar-refractivity contribution in [2.75, 3.05) is 33.7 Å². The molecule has 1 N–H and O–H groups in total. The van der Waals surface area contributed by atoms with Crippen LogP contribution in [-0.4, -0.2) is 55.5 Å². The summed E-state index contributed by atoms with van der Waals surface area (Å²) < 4.78 is 0. The van der Waals surface area contributed by atoms with E-state index in [9.17, 15) is 4.79 Å². The Balaban J connectivity index is 0.00000264. The minimum atomic E-state index is 0. The molecule has 130 valence electrons. The molecule has 23 heavy (non-hydrogen) atoms. The fourth-order valence-electron chi connectivity index (χ4n) is 2.92. The first-order chi connectivity index (χ1) is 10.5. The average molecular weight is 360 g/mol. The standard InChI is InChI=1S/C17H26ClN3O.ClH/c1-13(14-6-8-15(18)9-7-14)20(3)17(22)12-21-10-4-5-16(11-21)19-2;/h6-9,13,16,19H,4-5,10-12H2,1-3H3;1H. The second-order valence-corrected chi connectivity index (χ2v) is 6.53. The van der Waals surface area contributed by atoms with Gasteiger partial charge in [0.1, 0.15) is 0 Å². The van der Waals surface area contributed by atoms with Crippen molar-refractivity contribution in [3.63, 3.8) is 0 Å². The summed E-state index contributed by atoms with van der Waals surface area (Å²) in [6.07, 6.45) is 2.34. The van der Waals surface area contributed by atoms with Crippen LogP contribution in [0.4, 0.5) is 0 Å². The molecule has 0 radical (unpaired) electrons. The molecule has 1 saturated heterocycles. The lowest BCUT2D eigenvalue weighted by Gasteiger charge is -2.34. The van der Waals surface area contributed by atoms with Crippen LogP contribution in [0.15, 0.2) is 24.3 Å². The third-order valence-corrected chi connectivity index (χ3v) is 4.85. The van der Waals surface area contributed by atoms with Crippen LogP contribution in [0.2, 0.25) is 5.02 Å². The maximum absolute atomic E-state index is 12.5. The number of hydrogen-bond donors (Lipinski definition) is 1. The average Bonchev–Trinajstić information content (AvgIpc) is 2.54. The van der Waals surface area contributed by atoms with E-state index in [4.69, 9.17) is 11.6 Å². The fraction of sp³-hybridized carbons (Fsp3) is 0.588. The second-order valence-electron chi connectivity index (χ2n) is 6.10. The lowest BCUT2D eigenvalue weighted by molar-refractivity contribution is -0.133. The minimum absolute atomic E-state index is 0. The summed E-state index contributed by atoms with van der Waals surface area (Å²) in [5.41, 5.74) is 1.10. The van der Waals surface area contributed by atoms with Gasteiger partial charge in [-0.3, -0.25) is 9.69 Å². The molecule has 1 aromatic rings. The SMILES string of the molecule is CNC1CCCN(CC(=O)N(C)C(C)c2ccc(Cl)cc2)C1.Cl. The number of hydrogen-bond acceptors (Lipinski definition) is 3. The number of likely N-dealkylation sites (tertiary alicyclic amines) is 1. The van der Waals surface area contributed by atoms with Gasteiger partial charge in [0, 0.05) is 24.7 Å². The van der Waals surface area contributed by atoms with Crippen molar-refractivity contribution in [1.29, 1.82) is 0 Å². The van der Waals surface area contributed by atoms with E-state index in [1.54, 1.807) is 0 Å². The van der Waals surface area contributed by atoms with Gasteiger partial charge in [-0.15, -0.1) is 12.4 Å². The van der Waals surface area contributed by atoms with Gasteiger partial charge < -0.3 is 10.2 Å². The summed E-state index contributed by atoms with van der Waals surface area (Å²) in [7, 11) is 3.87. The Morgan fingerprint density at radius 2 is 2.09 bits per heavy atom. The molecule has 2 unspecified atom stereocenters. The number of carbonyl (C=O) groups is 1. The van der Waals surface area contributed by atoms with Gasteiger partial charge in [0.15, 0.2) is 0 Å². The molecule has 0 aliphatic carbocycles. The molecule has 0 spiro atoms. The summed E-state index contributed by atoms with van der Waals surface area (Å²) >= 11 is 5.92. The van der Waals surface area contributed by atoms with Crippen molar-refractivity contribution < 1.29 is 4.79 Å². The Kier molecular flexibility index (Phi) is 8.34. The normalized spacial score (nSPS) is 19.7. The third-order valence-electron chi connectivity index (χ3n) is 4.60. The van der Waals surface area contributed by atoms with Crippen LogP contribution in [0.5, 0.6) is 0 Å². The van der Waals surface area contributed by atoms with Crippen molar-refractivity contribution >= 4 is 29.9 Å². The molecule has 0 aromatic heterocycles. The van der Waals surface area contributed by atoms with E-state index in [-0.39, 0.29) is 24.4 Å². The van der Waals surface area contributed by atoms with Gasteiger partial charge in [0.25, 0.3) is 0 Å². The topological polar surface area (TPSA) is 35.6 Å². The number of nitrogens with zero attached hydrogens (tertiary/aromatic N) is 2. The molecule has 4 nitrogen and oxygen atoms in total. The minimum Gasteiger partial charge on any atom is -0.338 e. The molecule has 1 aliphatic rings. The van der Waals surface area contributed by atoms with Crippen LogP contribution in [0.25, 0.3) is 0 Å². The van der Waals surface area contributed by atoms with Crippen molar-refractivity contribution in [2.45, 2.75) is 31.8 Å². The Morgan fingerprint density at radius 1 is 1.43 bits per heavy atom. The van der Waals surface area contributed by atoms with Gasteiger partial charge >= 0.3 is 0 Å². The monoisotopic (exact) mass is 359 g/mol. The predicted molar refractivity (Wildman–Crippen MR) is 98.4 cm³/mol. The van der Waals surface area contributed by atoms with E-state index < -0.39 is 0 Å². The number of rotatable bonds is 5. The highest BCUT2D eigenvalue weighted by Crippen LogP contribution is 2.21. The van der Waals surface area contributed by atoms with Crippen LogP contribution >= 0.6 is 24.0 Å². The number of piperidine rings is 1. The van der Waals surface area contributed by atoms with Gasteiger partial charge in [-0.2, -0.15) is 0 Å². The predicted octanol–water partition coefficient (Wildman–Crippen LogP) is 2.97. The van der Waals surface area contributed by atoms with E-state index in [2.05, 4.69) is 10.2 Å². The van der Waals surface area contributed by atoms with Crippen molar-refractivity contribution in [1.82, 2.24) is 15.1 Å². The van der Waals surface area contributed by atoms with Crippen molar-refractivity contribution in [2.24, 2.45) is 0 Å². The highest BCUT2D eigenvalue weighted by atomic mass is 35.5. The molecule has 1 amide bonds. The second kappa shape index (κ2) is 9.48. The molecular weight excluding hydrogens is 333 g/mol. The molecule has 2 rings (SSSR count). The van der Waals surface area contributed by atoms with Crippen LogP contribution in [-0.2, 0) is 4.79 Å². The lowest BCUT2D eigenvalue weighted by Crippen LogP contribution is -2.48. The Hall–Kier alpha value is -0.810. The summed E-state index contributed by atoms with van der Waals surface area (Å²) in [5, 5.41) is 4.03. The smallest absolute Gasteiger partial charge is 0.236 e. The summed E-state index contributed by atoms with van der Waals surface area (Å²) in [4.78, 5) is 16.6. The van der Waals surface area contributed by atoms with E-state index >= 15 is 0 Å². The van der Waals surface area contributed by atoms with Crippen LogP contribution in [0, 0.1) is 0 Å². The maximum atomic E-state index is 12.5. The number of nitrogens with one attached hydrogen (secondary N) is 1. The third kappa shape index (κ3) is 5.64. The number of benzene rings is 1. The van der Waals surface area contributed by atoms with Gasteiger partial charge in [-0.1, -0.05) is 23.7 Å². The molecule has 0 bridgehead atoms. The van der Waals surface area contributed by atoms with E-state index in [0.717, 1.165) is 30.1 Å². The zero-order valence-electron chi connectivity index (χ0n) is 14.1. The zero-order valence-corrected chi connectivity index (χ0v) is 15.7. The van der Waals surface area contributed by atoms with Gasteiger partial charge in [-0.05, 0) is 51.1 Å².